The van der Waals surface area contributed by atoms with E-state index in [1.165, 1.54) is 29.2 Å². The number of aryl methyl sites for hydroxylation is 1. The van der Waals surface area contributed by atoms with E-state index < -0.39 is 5.97 Å². The SMILES string of the molecule is CC.CC[C@@H](Nc1ncnn2cc(C(=O)O)c(C)c12)c1ccc(F)cc1. The number of carboxylic acid groups (broad SMARTS) is 1. The van der Waals surface area contributed by atoms with Crippen molar-refractivity contribution in [2.24, 2.45) is 0 Å². The molecule has 0 unspecified atom stereocenters. The molecule has 2 N–H and O–H groups in total. The number of fused-ring (bicyclic) bond motifs is 1. The summed E-state index contributed by atoms with van der Waals surface area (Å²) in [6.07, 6.45) is 3.60. The van der Waals surface area contributed by atoms with Gasteiger partial charge in [0.15, 0.2) is 5.82 Å². The number of aromatic carboxylic acids is 1. The standard InChI is InChI=1S/C17H17FN4O2.C2H6/c1-3-14(11-4-6-12(18)7-5-11)21-16-15-10(2)13(17(23)24)8-22(15)20-9-19-16;1-2/h4-9,14H,3H2,1-2H3,(H,23,24)(H,19,20,21);1-2H3/t14-;/m1./s1. The average molecular weight is 358 g/mol. The maximum atomic E-state index is 13.1. The fraction of sp³-hybridized carbons (Fsp3) is 0.316. The van der Waals surface area contributed by atoms with Crippen LogP contribution in [0, 0.1) is 12.7 Å². The quantitative estimate of drug-likeness (QED) is 0.704. The van der Waals surface area contributed by atoms with Crippen molar-refractivity contribution in [1.29, 1.82) is 0 Å². The maximum Gasteiger partial charge on any atom is 0.337 e. The summed E-state index contributed by atoms with van der Waals surface area (Å²) in [5.74, 6) is -0.743. The Morgan fingerprint density at radius 1 is 1.31 bits per heavy atom. The molecule has 2 heterocycles. The molecule has 7 heteroatoms. The van der Waals surface area contributed by atoms with E-state index in [0.717, 1.165) is 12.0 Å². The Morgan fingerprint density at radius 2 is 1.96 bits per heavy atom. The lowest BCUT2D eigenvalue weighted by Gasteiger charge is -2.18. The number of nitrogens with zero attached hydrogens (tertiary/aromatic N) is 3. The van der Waals surface area contributed by atoms with E-state index in [1.807, 2.05) is 20.8 Å². The Morgan fingerprint density at radius 3 is 2.54 bits per heavy atom. The minimum atomic E-state index is -1.01. The molecular weight excluding hydrogens is 335 g/mol. The van der Waals surface area contributed by atoms with Crippen LogP contribution in [-0.2, 0) is 0 Å². The lowest BCUT2D eigenvalue weighted by Crippen LogP contribution is -2.12. The lowest BCUT2D eigenvalue weighted by molar-refractivity contribution is 0.0696. The molecule has 0 saturated carbocycles. The van der Waals surface area contributed by atoms with Crippen LogP contribution in [0.1, 0.15) is 54.7 Å². The largest absolute Gasteiger partial charge is 0.478 e. The van der Waals surface area contributed by atoms with Gasteiger partial charge < -0.3 is 10.4 Å². The molecule has 0 aliphatic carbocycles. The van der Waals surface area contributed by atoms with E-state index in [-0.39, 0.29) is 17.4 Å². The number of nitrogens with one attached hydrogen (secondary N) is 1. The minimum Gasteiger partial charge on any atom is -0.478 e. The van der Waals surface area contributed by atoms with Gasteiger partial charge in [0, 0.05) is 6.20 Å². The smallest absolute Gasteiger partial charge is 0.337 e. The molecule has 0 aliphatic rings. The summed E-state index contributed by atoms with van der Waals surface area (Å²) in [4.78, 5) is 15.6. The van der Waals surface area contributed by atoms with Crippen LogP contribution in [-0.4, -0.2) is 25.7 Å². The molecule has 0 fully saturated rings. The van der Waals surface area contributed by atoms with Crippen LogP contribution in [0.5, 0.6) is 0 Å². The molecule has 0 amide bonds. The monoisotopic (exact) mass is 358 g/mol. The number of rotatable bonds is 5. The normalized spacial score (nSPS) is 11.6. The Balaban J connectivity index is 0.00000117. The maximum absolute atomic E-state index is 13.1. The Labute approximate surface area is 151 Å². The van der Waals surface area contributed by atoms with Crippen molar-refractivity contribution in [2.75, 3.05) is 5.32 Å². The van der Waals surface area contributed by atoms with Crippen LogP contribution in [0.15, 0.2) is 36.8 Å². The van der Waals surface area contributed by atoms with E-state index in [9.17, 15) is 14.3 Å². The third-order valence-corrected chi connectivity index (χ3v) is 4.05. The van der Waals surface area contributed by atoms with Crippen LogP contribution in [0.4, 0.5) is 10.2 Å². The third kappa shape index (κ3) is 3.82. The van der Waals surface area contributed by atoms with Crippen LogP contribution >= 0.6 is 0 Å². The van der Waals surface area contributed by atoms with E-state index in [2.05, 4.69) is 15.4 Å². The van der Waals surface area contributed by atoms with Crippen molar-refractivity contribution in [3.63, 3.8) is 0 Å². The zero-order valence-corrected chi connectivity index (χ0v) is 15.3. The first-order valence-corrected chi connectivity index (χ1v) is 8.59. The van der Waals surface area contributed by atoms with Gasteiger partial charge >= 0.3 is 5.97 Å². The average Bonchev–Trinajstić information content (AvgIpc) is 3.00. The van der Waals surface area contributed by atoms with Gasteiger partial charge in [0.1, 0.15) is 17.7 Å². The van der Waals surface area contributed by atoms with E-state index >= 15 is 0 Å². The highest BCUT2D eigenvalue weighted by Crippen LogP contribution is 2.27. The number of hydrogen-bond acceptors (Lipinski definition) is 4. The Bertz CT molecular complexity index is 890. The molecule has 1 atom stereocenters. The molecule has 138 valence electrons. The van der Waals surface area contributed by atoms with Crippen molar-refractivity contribution in [3.8, 4) is 0 Å². The van der Waals surface area contributed by atoms with Crippen LogP contribution in [0.25, 0.3) is 5.52 Å². The molecule has 3 aromatic rings. The van der Waals surface area contributed by atoms with Crippen molar-refractivity contribution in [1.82, 2.24) is 14.6 Å². The van der Waals surface area contributed by atoms with E-state index in [1.54, 1.807) is 19.1 Å². The molecule has 0 bridgehead atoms. The predicted octanol–water partition coefficient (Wildman–Crippen LogP) is 4.46. The molecule has 0 saturated heterocycles. The number of carboxylic acids is 1. The van der Waals surface area contributed by atoms with Gasteiger partial charge in [-0.25, -0.2) is 18.7 Å². The summed E-state index contributed by atoms with van der Waals surface area (Å²) >= 11 is 0. The minimum absolute atomic E-state index is 0.0770. The summed E-state index contributed by atoms with van der Waals surface area (Å²) in [6.45, 7) is 7.74. The van der Waals surface area contributed by atoms with Gasteiger partial charge in [-0.15, -0.1) is 0 Å². The summed E-state index contributed by atoms with van der Waals surface area (Å²) in [7, 11) is 0. The van der Waals surface area contributed by atoms with Crippen molar-refractivity contribution >= 4 is 17.3 Å². The lowest BCUT2D eigenvalue weighted by atomic mass is 10.0. The Kier molecular flexibility index (Phi) is 6.27. The molecule has 1 aromatic carbocycles. The van der Waals surface area contributed by atoms with Crippen molar-refractivity contribution in [2.45, 2.75) is 40.2 Å². The molecular formula is C19H23FN4O2. The summed E-state index contributed by atoms with van der Waals surface area (Å²) in [5.41, 5.74) is 2.33. The van der Waals surface area contributed by atoms with Gasteiger partial charge in [0.2, 0.25) is 0 Å². The molecule has 0 radical (unpaired) electrons. The second-order valence-corrected chi connectivity index (χ2v) is 5.53. The van der Waals surface area contributed by atoms with Gasteiger partial charge in [-0.1, -0.05) is 32.9 Å². The third-order valence-electron chi connectivity index (χ3n) is 4.05. The number of aromatic nitrogens is 3. The summed E-state index contributed by atoms with van der Waals surface area (Å²) < 4.78 is 14.6. The zero-order chi connectivity index (χ0) is 19.3. The van der Waals surface area contributed by atoms with E-state index in [0.29, 0.717) is 16.9 Å². The zero-order valence-electron chi connectivity index (χ0n) is 15.3. The number of anilines is 1. The highest BCUT2D eigenvalue weighted by atomic mass is 19.1. The number of benzene rings is 1. The number of halogens is 1. The van der Waals surface area contributed by atoms with Crippen molar-refractivity contribution < 1.29 is 14.3 Å². The Hall–Kier alpha value is -2.96. The number of hydrogen-bond donors (Lipinski definition) is 2. The fourth-order valence-electron chi connectivity index (χ4n) is 2.76. The van der Waals surface area contributed by atoms with Gasteiger partial charge in [-0.3, -0.25) is 0 Å². The molecule has 2 aromatic heterocycles. The van der Waals surface area contributed by atoms with Gasteiger partial charge in [0.05, 0.1) is 11.6 Å². The second-order valence-electron chi connectivity index (χ2n) is 5.53. The first-order valence-electron chi connectivity index (χ1n) is 8.59. The van der Waals surface area contributed by atoms with Crippen LogP contribution in [0.2, 0.25) is 0 Å². The van der Waals surface area contributed by atoms with Gasteiger partial charge in [0.25, 0.3) is 0 Å². The predicted molar refractivity (Wildman–Crippen MR) is 99.1 cm³/mol. The van der Waals surface area contributed by atoms with Crippen molar-refractivity contribution in [3.05, 3.63) is 59.3 Å². The van der Waals surface area contributed by atoms with Crippen LogP contribution in [0.3, 0.4) is 0 Å². The van der Waals surface area contributed by atoms with Gasteiger partial charge in [-0.05, 0) is 36.6 Å². The first kappa shape index (κ1) is 19.4. The van der Waals surface area contributed by atoms with Crippen LogP contribution < -0.4 is 5.32 Å². The summed E-state index contributed by atoms with van der Waals surface area (Å²) in [5, 5.41) is 16.7. The molecule has 3 rings (SSSR count). The highest BCUT2D eigenvalue weighted by molar-refractivity contribution is 5.93. The van der Waals surface area contributed by atoms with E-state index in [4.69, 9.17) is 0 Å². The highest BCUT2D eigenvalue weighted by Gasteiger charge is 2.19. The first-order chi connectivity index (χ1) is 12.5. The fourth-order valence-corrected chi connectivity index (χ4v) is 2.76. The second kappa shape index (κ2) is 8.42. The molecule has 0 spiro atoms. The molecule has 0 aliphatic heterocycles. The number of carbonyl (C=O) groups is 1. The summed E-state index contributed by atoms with van der Waals surface area (Å²) in [6, 6.07) is 6.21. The molecule has 6 nitrogen and oxygen atoms in total. The van der Waals surface area contributed by atoms with Gasteiger partial charge in [-0.2, -0.15) is 5.10 Å². The topological polar surface area (TPSA) is 79.5 Å². The molecule has 26 heavy (non-hydrogen) atoms.